The van der Waals surface area contributed by atoms with Crippen LogP contribution in [0.3, 0.4) is 0 Å². The third-order valence-electron chi connectivity index (χ3n) is 6.37. The number of nitrogens with one attached hydrogen (secondary N) is 2. The van der Waals surface area contributed by atoms with E-state index in [-0.39, 0.29) is 5.91 Å². The average Bonchev–Trinajstić information content (AvgIpc) is 3.19. The summed E-state index contributed by atoms with van der Waals surface area (Å²) in [6, 6.07) is 17.7. The molecule has 0 unspecified atom stereocenters. The van der Waals surface area contributed by atoms with Crippen LogP contribution in [0.4, 0.5) is 17.5 Å². The van der Waals surface area contributed by atoms with Crippen molar-refractivity contribution in [1.82, 2.24) is 19.4 Å². The van der Waals surface area contributed by atoms with Crippen molar-refractivity contribution in [1.29, 1.82) is 0 Å². The molecular weight excluding hydrogens is 468 g/mol. The normalized spacial score (nSPS) is 14.2. The van der Waals surface area contributed by atoms with Crippen LogP contribution in [0, 0.1) is 0 Å². The Morgan fingerprint density at radius 2 is 1.89 bits per heavy atom. The number of nitrogens with zero attached hydrogens (tertiary/aromatic N) is 4. The van der Waals surface area contributed by atoms with E-state index in [1.54, 1.807) is 18.3 Å². The number of amides is 1. The van der Waals surface area contributed by atoms with Crippen LogP contribution >= 0.6 is 0 Å². The summed E-state index contributed by atoms with van der Waals surface area (Å²) < 4.78 is 13.4. The second-order valence-electron chi connectivity index (χ2n) is 9.47. The fourth-order valence-electron chi connectivity index (χ4n) is 4.28. The molecule has 2 aromatic carbocycles. The molecule has 1 amide bonds. The lowest BCUT2D eigenvalue weighted by Crippen LogP contribution is -2.41. The molecule has 0 radical (unpaired) electrons. The number of aromatic nitrogens is 3. The summed E-state index contributed by atoms with van der Waals surface area (Å²) in [5, 5.41) is 6.29. The molecule has 192 valence electrons. The van der Waals surface area contributed by atoms with Gasteiger partial charge in [-0.15, -0.1) is 0 Å². The minimum Gasteiger partial charge on any atom is -0.457 e. The third-order valence-corrected chi connectivity index (χ3v) is 6.37. The van der Waals surface area contributed by atoms with Crippen molar-refractivity contribution in [2.24, 2.45) is 7.05 Å². The number of carbonyl (C=O) groups excluding carboxylic acids is 1. The van der Waals surface area contributed by atoms with E-state index >= 15 is 0 Å². The molecule has 2 aromatic heterocycles. The molecule has 0 atom stereocenters. The maximum atomic E-state index is 12.4. The van der Waals surface area contributed by atoms with Crippen molar-refractivity contribution < 1.29 is 14.3 Å². The summed E-state index contributed by atoms with van der Waals surface area (Å²) >= 11 is 0. The molecule has 9 nitrogen and oxygen atoms in total. The van der Waals surface area contributed by atoms with Crippen molar-refractivity contribution in [2.75, 3.05) is 43.5 Å². The number of hydrogen-bond acceptors (Lipinski definition) is 7. The van der Waals surface area contributed by atoms with Gasteiger partial charge in [0.2, 0.25) is 11.9 Å². The lowest BCUT2D eigenvalue weighted by atomic mass is 10.0. The molecule has 1 aliphatic rings. The number of benzene rings is 2. The summed E-state index contributed by atoms with van der Waals surface area (Å²) in [6.07, 6.45) is 1.62. The summed E-state index contributed by atoms with van der Waals surface area (Å²) in [4.78, 5) is 23.5. The standard InChI is InChI=1S/C28H32N6O3/c1-19(2)20-5-4-6-21(15-20)30-28-31-24-16-22(7-8-25(24)33(28)3)37-23-9-10-29-26(17-23)32-27(35)18-34-11-13-36-14-12-34/h4-10,15-17,19H,11-14,18H2,1-3H3,(H,30,31)(H,29,32,35). The van der Waals surface area contributed by atoms with Gasteiger partial charge in [0.1, 0.15) is 17.3 Å². The molecule has 1 fully saturated rings. The largest absolute Gasteiger partial charge is 0.457 e. The molecule has 3 heterocycles. The molecule has 0 bridgehead atoms. The van der Waals surface area contributed by atoms with E-state index in [1.165, 1.54) is 5.56 Å². The molecular formula is C28H32N6O3. The number of aryl methyl sites for hydroxylation is 1. The molecule has 4 aromatic rings. The zero-order valence-corrected chi connectivity index (χ0v) is 21.4. The lowest BCUT2D eigenvalue weighted by molar-refractivity contribution is -0.118. The van der Waals surface area contributed by atoms with Crippen LogP contribution in [-0.4, -0.2) is 58.2 Å². The Balaban J connectivity index is 1.27. The number of hydrogen-bond donors (Lipinski definition) is 2. The van der Waals surface area contributed by atoms with Gasteiger partial charge in [-0.2, -0.15) is 0 Å². The topological polar surface area (TPSA) is 93.5 Å². The molecule has 5 rings (SSSR count). The van der Waals surface area contributed by atoms with Gasteiger partial charge in [0.15, 0.2) is 0 Å². The fourth-order valence-corrected chi connectivity index (χ4v) is 4.28. The van der Waals surface area contributed by atoms with Crippen LogP contribution in [0.5, 0.6) is 11.5 Å². The van der Waals surface area contributed by atoms with Gasteiger partial charge in [-0.3, -0.25) is 9.69 Å². The zero-order valence-electron chi connectivity index (χ0n) is 21.4. The predicted molar refractivity (Wildman–Crippen MR) is 145 cm³/mol. The molecule has 0 spiro atoms. The summed E-state index contributed by atoms with van der Waals surface area (Å²) in [5.74, 6) is 2.77. The van der Waals surface area contributed by atoms with E-state index in [2.05, 4.69) is 52.6 Å². The van der Waals surface area contributed by atoms with E-state index in [4.69, 9.17) is 14.5 Å². The zero-order chi connectivity index (χ0) is 25.8. The SMILES string of the molecule is CC(C)c1cccc(Nc2nc3cc(Oc4ccnc(NC(=O)CN5CCOCC5)c4)ccc3n2C)c1. The van der Waals surface area contributed by atoms with Gasteiger partial charge in [0.25, 0.3) is 0 Å². The number of carbonyl (C=O) groups is 1. The minimum atomic E-state index is -0.111. The monoisotopic (exact) mass is 500 g/mol. The molecule has 1 aliphatic heterocycles. The van der Waals surface area contributed by atoms with E-state index in [0.29, 0.717) is 43.0 Å². The first kappa shape index (κ1) is 24.7. The molecule has 37 heavy (non-hydrogen) atoms. The fraction of sp³-hybridized carbons (Fsp3) is 0.321. The van der Waals surface area contributed by atoms with Crippen molar-refractivity contribution in [2.45, 2.75) is 19.8 Å². The lowest BCUT2D eigenvalue weighted by Gasteiger charge is -2.25. The summed E-state index contributed by atoms with van der Waals surface area (Å²) in [6.45, 7) is 7.48. The highest BCUT2D eigenvalue weighted by Crippen LogP contribution is 2.29. The Bertz CT molecular complexity index is 1390. The van der Waals surface area contributed by atoms with Crippen LogP contribution in [0.1, 0.15) is 25.3 Å². The highest BCUT2D eigenvalue weighted by atomic mass is 16.5. The predicted octanol–water partition coefficient (Wildman–Crippen LogP) is 4.90. The van der Waals surface area contributed by atoms with Crippen LogP contribution in [0.25, 0.3) is 11.0 Å². The molecule has 1 saturated heterocycles. The molecule has 0 aliphatic carbocycles. The molecule has 0 saturated carbocycles. The average molecular weight is 501 g/mol. The highest BCUT2D eigenvalue weighted by Gasteiger charge is 2.15. The number of pyridine rings is 1. The Hall–Kier alpha value is -3.95. The van der Waals surface area contributed by atoms with Gasteiger partial charge in [-0.25, -0.2) is 9.97 Å². The van der Waals surface area contributed by atoms with Gasteiger partial charge < -0.3 is 24.7 Å². The molecule has 2 N–H and O–H groups in total. The number of rotatable bonds is 8. The van der Waals surface area contributed by atoms with Gasteiger partial charge in [0.05, 0.1) is 30.8 Å². The number of imidazole rings is 1. The van der Waals surface area contributed by atoms with Crippen LogP contribution in [0.2, 0.25) is 0 Å². The van der Waals surface area contributed by atoms with Gasteiger partial charge in [0, 0.05) is 44.2 Å². The van der Waals surface area contributed by atoms with E-state index in [9.17, 15) is 4.79 Å². The Kier molecular flexibility index (Phi) is 7.34. The summed E-state index contributed by atoms with van der Waals surface area (Å²) in [7, 11) is 1.99. The summed E-state index contributed by atoms with van der Waals surface area (Å²) in [5.41, 5.74) is 4.07. The van der Waals surface area contributed by atoms with E-state index in [0.717, 1.165) is 35.8 Å². The van der Waals surface area contributed by atoms with Crippen LogP contribution in [0.15, 0.2) is 60.8 Å². The molecule has 9 heteroatoms. The maximum Gasteiger partial charge on any atom is 0.239 e. The third kappa shape index (κ3) is 6.07. The smallest absolute Gasteiger partial charge is 0.239 e. The number of anilines is 3. The van der Waals surface area contributed by atoms with Crippen molar-refractivity contribution in [3.8, 4) is 11.5 Å². The van der Waals surface area contributed by atoms with E-state index in [1.807, 2.05) is 35.9 Å². The Labute approximate surface area is 216 Å². The van der Waals surface area contributed by atoms with Crippen molar-refractivity contribution in [3.05, 3.63) is 66.4 Å². The first-order valence-electron chi connectivity index (χ1n) is 12.5. The first-order chi connectivity index (χ1) is 17.9. The first-order valence-corrected chi connectivity index (χ1v) is 12.5. The Morgan fingerprint density at radius 3 is 2.70 bits per heavy atom. The second-order valence-corrected chi connectivity index (χ2v) is 9.47. The maximum absolute atomic E-state index is 12.4. The van der Waals surface area contributed by atoms with Gasteiger partial charge in [-0.05, 0) is 41.8 Å². The number of ether oxygens (including phenoxy) is 2. The van der Waals surface area contributed by atoms with Gasteiger partial charge >= 0.3 is 0 Å². The van der Waals surface area contributed by atoms with Gasteiger partial charge in [-0.1, -0.05) is 26.0 Å². The van der Waals surface area contributed by atoms with E-state index < -0.39 is 0 Å². The van der Waals surface area contributed by atoms with Crippen molar-refractivity contribution in [3.63, 3.8) is 0 Å². The number of morpholine rings is 1. The van der Waals surface area contributed by atoms with Crippen LogP contribution < -0.4 is 15.4 Å². The second kappa shape index (κ2) is 11.0. The van der Waals surface area contributed by atoms with Crippen LogP contribution in [-0.2, 0) is 16.6 Å². The minimum absolute atomic E-state index is 0.111. The quantitative estimate of drug-likeness (QED) is 0.355. The van der Waals surface area contributed by atoms with Crippen molar-refractivity contribution >= 4 is 34.4 Å². The highest BCUT2D eigenvalue weighted by molar-refractivity contribution is 5.91. The number of fused-ring (bicyclic) bond motifs is 1. The Morgan fingerprint density at radius 1 is 1.08 bits per heavy atom.